The zero-order valence-corrected chi connectivity index (χ0v) is 13.4. The minimum absolute atomic E-state index is 0.0150. The van der Waals surface area contributed by atoms with Gasteiger partial charge < -0.3 is 10.6 Å². The number of hydrogen-bond donors (Lipinski definition) is 2. The third-order valence-corrected chi connectivity index (χ3v) is 6.49. The van der Waals surface area contributed by atoms with Crippen LogP contribution in [0.15, 0.2) is 29.2 Å². The van der Waals surface area contributed by atoms with Gasteiger partial charge in [0.25, 0.3) is 5.91 Å². The van der Waals surface area contributed by atoms with Crippen molar-refractivity contribution in [1.29, 1.82) is 0 Å². The number of carbonyl (C=O) groups excluding carboxylic acids is 1. The number of rotatable bonds is 3. The molecule has 1 aromatic rings. The summed E-state index contributed by atoms with van der Waals surface area (Å²) in [5.41, 5.74) is 0.365. The van der Waals surface area contributed by atoms with Crippen molar-refractivity contribution in [3.63, 3.8) is 0 Å². The highest BCUT2D eigenvalue weighted by Crippen LogP contribution is 2.33. The van der Waals surface area contributed by atoms with Crippen LogP contribution in [0.3, 0.4) is 0 Å². The third kappa shape index (κ3) is 2.64. The second-order valence-electron chi connectivity index (χ2n) is 5.82. The van der Waals surface area contributed by atoms with Crippen molar-refractivity contribution in [2.24, 2.45) is 0 Å². The molecule has 2 fully saturated rings. The monoisotopic (exact) mass is 323 g/mol. The number of amides is 1. The Morgan fingerprint density at radius 2 is 2.05 bits per heavy atom. The lowest BCUT2D eigenvalue weighted by molar-refractivity contribution is 0.0963. The molecule has 2 atom stereocenters. The summed E-state index contributed by atoms with van der Waals surface area (Å²) in [5, 5.41) is 5.82. The standard InChI is InChI=1S/C15H21N3O3S/c1-16-15(19)11-3-2-4-14(9-11)22(20,21)18-12-5-6-13(18)10-17-8-7-12/h2-4,9,12-13,17H,5-8,10H2,1H3,(H,16,19)/t12-,13+/m1/s1. The van der Waals surface area contributed by atoms with Gasteiger partial charge in [-0.15, -0.1) is 0 Å². The Morgan fingerprint density at radius 1 is 1.27 bits per heavy atom. The van der Waals surface area contributed by atoms with Crippen LogP contribution >= 0.6 is 0 Å². The molecule has 1 amide bonds. The molecule has 120 valence electrons. The average molecular weight is 323 g/mol. The predicted molar refractivity (Wildman–Crippen MR) is 83.2 cm³/mol. The van der Waals surface area contributed by atoms with Gasteiger partial charge in [-0.05, 0) is 44.0 Å². The highest BCUT2D eigenvalue weighted by Gasteiger charge is 2.43. The molecule has 7 heteroatoms. The molecule has 2 N–H and O–H groups in total. The third-order valence-electron chi connectivity index (χ3n) is 4.49. The van der Waals surface area contributed by atoms with Gasteiger partial charge in [0.2, 0.25) is 10.0 Å². The van der Waals surface area contributed by atoms with Gasteiger partial charge in [-0.3, -0.25) is 4.79 Å². The van der Waals surface area contributed by atoms with Crippen LogP contribution in [0, 0.1) is 0 Å². The maximum atomic E-state index is 13.0. The average Bonchev–Trinajstić information content (AvgIpc) is 2.80. The first-order valence-corrected chi connectivity index (χ1v) is 9.04. The molecule has 0 aliphatic carbocycles. The quantitative estimate of drug-likeness (QED) is 0.852. The number of hydrogen-bond acceptors (Lipinski definition) is 4. The summed E-state index contributed by atoms with van der Waals surface area (Å²) < 4.78 is 27.7. The number of nitrogens with zero attached hydrogens (tertiary/aromatic N) is 1. The Morgan fingerprint density at radius 3 is 2.82 bits per heavy atom. The molecule has 3 rings (SSSR count). The van der Waals surface area contributed by atoms with Crippen molar-refractivity contribution in [3.05, 3.63) is 29.8 Å². The number of carbonyl (C=O) groups is 1. The van der Waals surface area contributed by atoms with Crippen LogP contribution in [-0.2, 0) is 10.0 Å². The van der Waals surface area contributed by atoms with Crippen LogP contribution in [0.1, 0.15) is 29.6 Å². The summed E-state index contributed by atoms with van der Waals surface area (Å²) in [6.07, 6.45) is 2.65. The molecule has 2 saturated heterocycles. The molecular weight excluding hydrogens is 302 g/mol. The van der Waals surface area contributed by atoms with Crippen LogP contribution < -0.4 is 10.6 Å². The molecule has 2 aliphatic rings. The van der Waals surface area contributed by atoms with Crippen molar-refractivity contribution in [1.82, 2.24) is 14.9 Å². The molecule has 0 unspecified atom stereocenters. The van der Waals surface area contributed by atoms with Gasteiger partial charge in [-0.1, -0.05) is 6.07 Å². The number of benzene rings is 1. The molecule has 1 aromatic carbocycles. The van der Waals surface area contributed by atoms with E-state index in [4.69, 9.17) is 0 Å². The van der Waals surface area contributed by atoms with Crippen molar-refractivity contribution < 1.29 is 13.2 Å². The molecule has 0 aromatic heterocycles. The fraction of sp³-hybridized carbons (Fsp3) is 0.533. The molecule has 2 bridgehead atoms. The molecule has 0 spiro atoms. The van der Waals surface area contributed by atoms with Crippen LogP contribution in [0.5, 0.6) is 0 Å². The van der Waals surface area contributed by atoms with Crippen LogP contribution in [-0.4, -0.2) is 50.9 Å². The Balaban J connectivity index is 1.97. The van der Waals surface area contributed by atoms with Crippen LogP contribution in [0.25, 0.3) is 0 Å². The summed E-state index contributed by atoms with van der Waals surface area (Å²) >= 11 is 0. The van der Waals surface area contributed by atoms with E-state index in [-0.39, 0.29) is 22.9 Å². The smallest absolute Gasteiger partial charge is 0.251 e. The van der Waals surface area contributed by atoms with Gasteiger partial charge in [-0.25, -0.2) is 8.42 Å². The maximum absolute atomic E-state index is 13.0. The number of nitrogens with one attached hydrogen (secondary N) is 2. The van der Waals surface area contributed by atoms with Gasteiger partial charge in [0.1, 0.15) is 0 Å². The Kier molecular flexibility index (Phi) is 4.20. The zero-order chi connectivity index (χ0) is 15.7. The van der Waals surface area contributed by atoms with Crippen molar-refractivity contribution >= 4 is 15.9 Å². The highest BCUT2D eigenvalue weighted by atomic mass is 32.2. The van der Waals surface area contributed by atoms with Crippen LogP contribution in [0.2, 0.25) is 0 Å². The summed E-state index contributed by atoms with van der Waals surface area (Å²) in [7, 11) is -2.04. The van der Waals surface area contributed by atoms with E-state index in [2.05, 4.69) is 10.6 Å². The van der Waals surface area contributed by atoms with E-state index >= 15 is 0 Å². The molecule has 0 radical (unpaired) electrons. The van der Waals surface area contributed by atoms with E-state index in [0.717, 1.165) is 25.8 Å². The molecule has 0 saturated carbocycles. The molecule has 6 nitrogen and oxygen atoms in total. The van der Waals surface area contributed by atoms with Gasteiger partial charge in [0.05, 0.1) is 4.90 Å². The zero-order valence-electron chi connectivity index (χ0n) is 12.6. The lowest BCUT2D eigenvalue weighted by atomic mass is 10.1. The molecule has 22 heavy (non-hydrogen) atoms. The van der Waals surface area contributed by atoms with E-state index in [9.17, 15) is 13.2 Å². The van der Waals surface area contributed by atoms with Crippen molar-refractivity contribution in [3.8, 4) is 0 Å². The van der Waals surface area contributed by atoms with E-state index in [0.29, 0.717) is 12.1 Å². The maximum Gasteiger partial charge on any atom is 0.251 e. The Bertz CT molecular complexity index is 660. The van der Waals surface area contributed by atoms with E-state index < -0.39 is 10.0 Å². The fourth-order valence-corrected chi connectivity index (χ4v) is 5.34. The lowest BCUT2D eigenvalue weighted by Crippen LogP contribution is -2.42. The van der Waals surface area contributed by atoms with Crippen molar-refractivity contribution in [2.45, 2.75) is 36.2 Å². The van der Waals surface area contributed by atoms with Crippen molar-refractivity contribution in [2.75, 3.05) is 20.1 Å². The molecular formula is C15H21N3O3S. The second kappa shape index (κ2) is 5.98. The SMILES string of the molecule is CNC(=O)c1cccc(S(=O)(=O)N2[C@H]3CCNC[C@@H]2CC3)c1. The molecule has 2 heterocycles. The first-order valence-electron chi connectivity index (χ1n) is 7.60. The minimum Gasteiger partial charge on any atom is -0.355 e. The van der Waals surface area contributed by atoms with Gasteiger partial charge >= 0.3 is 0 Å². The predicted octanol–water partition coefficient (Wildman–Crippen LogP) is 0.561. The van der Waals surface area contributed by atoms with Gasteiger partial charge in [0, 0.05) is 31.2 Å². The first-order chi connectivity index (χ1) is 10.5. The minimum atomic E-state index is -3.57. The van der Waals surface area contributed by atoms with Gasteiger partial charge in [-0.2, -0.15) is 4.31 Å². The summed E-state index contributed by atoms with van der Waals surface area (Å²) in [5.74, 6) is -0.280. The fourth-order valence-electron chi connectivity index (χ4n) is 3.39. The summed E-state index contributed by atoms with van der Waals surface area (Å²) in [4.78, 5) is 11.9. The number of fused-ring (bicyclic) bond motifs is 2. The largest absolute Gasteiger partial charge is 0.355 e. The topological polar surface area (TPSA) is 78.5 Å². The molecule has 2 aliphatic heterocycles. The van der Waals surface area contributed by atoms with E-state index in [1.807, 2.05) is 0 Å². The van der Waals surface area contributed by atoms with E-state index in [1.54, 1.807) is 22.5 Å². The second-order valence-corrected chi connectivity index (χ2v) is 7.66. The summed E-state index contributed by atoms with van der Waals surface area (Å²) in [6.45, 7) is 1.55. The van der Waals surface area contributed by atoms with E-state index in [1.165, 1.54) is 13.1 Å². The Labute approximate surface area is 130 Å². The lowest BCUT2D eigenvalue weighted by Gasteiger charge is -2.27. The van der Waals surface area contributed by atoms with Gasteiger partial charge in [0.15, 0.2) is 0 Å². The summed E-state index contributed by atoms with van der Waals surface area (Å²) in [6, 6.07) is 6.35. The Hall–Kier alpha value is -1.44. The van der Waals surface area contributed by atoms with Crippen LogP contribution in [0.4, 0.5) is 0 Å². The first kappa shape index (κ1) is 15.5. The normalized spacial score (nSPS) is 25.7. The highest BCUT2D eigenvalue weighted by molar-refractivity contribution is 7.89. The number of sulfonamides is 1.